The van der Waals surface area contributed by atoms with Gasteiger partial charge in [-0.15, -0.1) is 0 Å². The van der Waals surface area contributed by atoms with Gasteiger partial charge in [-0.1, -0.05) is 38.0 Å². The molecule has 21 heavy (non-hydrogen) atoms. The molecule has 0 saturated heterocycles. The number of fused-ring (bicyclic) bond motifs is 1. The first-order chi connectivity index (χ1) is 10.2. The van der Waals surface area contributed by atoms with E-state index >= 15 is 0 Å². The molecular formula is C16H19N3O2. The summed E-state index contributed by atoms with van der Waals surface area (Å²) in [6.45, 7) is 2.91. The van der Waals surface area contributed by atoms with Crippen LogP contribution >= 0.6 is 0 Å². The first-order valence-corrected chi connectivity index (χ1v) is 7.42. The van der Waals surface area contributed by atoms with E-state index in [0.717, 1.165) is 0 Å². The molecule has 2 unspecified atom stereocenters. The Bertz CT molecular complexity index is 723. The summed E-state index contributed by atoms with van der Waals surface area (Å²) in [5.41, 5.74) is 0.0161. The first-order valence-electron chi connectivity index (χ1n) is 7.42. The van der Waals surface area contributed by atoms with Crippen LogP contribution in [0.5, 0.6) is 0 Å². The van der Waals surface area contributed by atoms with Crippen molar-refractivity contribution in [1.82, 2.24) is 15.5 Å². The predicted molar refractivity (Wildman–Crippen MR) is 81.2 cm³/mol. The lowest BCUT2D eigenvalue weighted by Gasteiger charge is -2.15. The van der Waals surface area contributed by atoms with Crippen molar-refractivity contribution in [3.05, 3.63) is 40.3 Å². The molecule has 1 fully saturated rings. The number of carbonyl (C=O) groups excluding carboxylic acids is 1. The van der Waals surface area contributed by atoms with E-state index in [2.05, 4.69) is 22.4 Å². The number of H-pyrrole nitrogens is 1. The van der Waals surface area contributed by atoms with Gasteiger partial charge in [0.05, 0.1) is 5.39 Å². The average Bonchev–Trinajstić information content (AvgIpc) is 2.91. The third kappa shape index (κ3) is 2.68. The van der Waals surface area contributed by atoms with E-state index in [1.807, 2.05) is 0 Å². The molecule has 1 aliphatic rings. The highest BCUT2D eigenvalue weighted by Gasteiger charge is 2.24. The van der Waals surface area contributed by atoms with Crippen molar-refractivity contribution in [2.45, 2.75) is 26.2 Å². The zero-order chi connectivity index (χ0) is 14.8. The van der Waals surface area contributed by atoms with Gasteiger partial charge in [-0.3, -0.25) is 9.59 Å². The lowest BCUT2D eigenvalue weighted by Crippen LogP contribution is -2.31. The van der Waals surface area contributed by atoms with Gasteiger partial charge in [-0.05, 0) is 24.3 Å². The van der Waals surface area contributed by atoms with Crippen LogP contribution in [0.25, 0.3) is 10.8 Å². The summed E-state index contributed by atoms with van der Waals surface area (Å²) in [7, 11) is 0. The van der Waals surface area contributed by atoms with Crippen molar-refractivity contribution in [3.8, 4) is 0 Å². The molecule has 0 aliphatic heterocycles. The van der Waals surface area contributed by atoms with Crippen molar-refractivity contribution >= 4 is 16.7 Å². The standard InChI is InChI=1S/C16H19N3O2/c1-10-5-4-6-11(10)9-17-16(21)14-12-7-2-3-8-13(12)15(20)19-18-14/h2-3,7-8,10-11H,4-6,9H2,1H3,(H,17,21)(H,19,20). The lowest BCUT2D eigenvalue weighted by atomic mass is 9.98. The third-order valence-electron chi connectivity index (χ3n) is 4.48. The number of amides is 1. The maximum absolute atomic E-state index is 12.3. The Kier molecular flexibility index (Phi) is 3.73. The van der Waals surface area contributed by atoms with E-state index in [4.69, 9.17) is 0 Å². The molecule has 2 atom stereocenters. The largest absolute Gasteiger partial charge is 0.350 e. The van der Waals surface area contributed by atoms with Crippen LogP contribution in [0.4, 0.5) is 0 Å². The van der Waals surface area contributed by atoms with Crippen molar-refractivity contribution in [2.24, 2.45) is 11.8 Å². The molecule has 0 radical (unpaired) electrons. The van der Waals surface area contributed by atoms with Gasteiger partial charge < -0.3 is 5.32 Å². The van der Waals surface area contributed by atoms with E-state index < -0.39 is 0 Å². The summed E-state index contributed by atoms with van der Waals surface area (Å²) in [4.78, 5) is 24.1. The van der Waals surface area contributed by atoms with Crippen molar-refractivity contribution in [1.29, 1.82) is 0 Å². The second-order valence-electron chi connectivity index (χ2n) is 5.83. The number of aromatic nitrogens is 2. The SMILES string of the molecule is CC1CCCC1CNC(=O)c1n[nH]c(=O)c2ccccc12. The van der Waals surface area contributed by atoms with E-state index in [1.54, 1.807) is 24.3 Å². The summed E-state index contributed by atoms with van der Waals surface area (Å²) < 4.78 is 0. The Hall–Kier alpha value is -2.17. The van der Waals surface area contributed by atoms with Crippen LogP contribution in [0.3, 0.4) is 0 Å². The van der Waals surface area contributed by atoms with Gasteiger partial charge in [0.2, 0.25) is 0 Å². The van der Waals surface area contributed by atoms with Crippen molar-refractivity contribution in [3.63, 3.8) is 0 Å². The number of nitrogens with one attached hydrogen (secondary N) is 2. The molecule has 5 nitrogen and oxygen atoms in total. The maximum atomic E-state index is 12.3. The van der Waals surface area contributed by atoms with Crippen LogP contribution < -0.4 is 10.9 Å². The van der Waals surface area contributed by atoms with Gasteiger partial charge in [-0.2, -0.15) is 5.10 Å². The lowest BCUT2D eigenvalue weighted by molar-refractivity contribution is 0.0940. The first kappa shape index (κ1) is 13.8. The monoisotopic (exact) mass is 285 g/mol. The normalized spacial score (nSPS) is 21.6. The van der Waals surface area contributed by atoms with Gasteiger partial charge in [0.15, 0.2) is 5.69 Å². The molecule has 1 aliphatic carbocycles. The second kappa shape index (κ2) is 5.68. The number of benzene rings is 1. The molecule has 3 rings (SSSR count). The second-order valence-corrected chi connectivity index (χ2v) is 5.83. The quantitative estimate of drug-likeness (QED) is 0.906. The molecule has 1 aromatic carbocycles. The molecule has 110 valence electrons. The van der Waals surface area contributed by atoms with Crippen LogP contribution in [-0.4, -0.2) is 22.6 Å². The summed E-state index contributed by atoms with van der Waals surface area (Å²) in [6, 6.07) is 7.04. The Morgan fingerprint density at radius 2 is 2.10 bits per heavy atom. The molecule has 0 spiro atoms. The highest BCUT2D eigenvalue weighted by molar-refractivity contribution is 6.04. The van der Waals surface area contributed by atoms with Crippen molar-refractivity contribution in [2.75, 3.05) is 6.54 Å². The summed E-state index contributed by atoms with van der Waals surface area (Å²) in [5, 5.41) is 10.4. The fourth-order valence-corrected chi connectivity index (χ4v) is 3.12. The highest BCUT2D eigenvalue weighted by Crippen LogP contribution is 2.30. The van der Waals surface area contributed by atoms with Crippen LogP contribution in [0.15, 0.2) is 29.1 Å². The maximum Gasteiger partial charge on any atom is 0.272 e. The van der Waals surface area contributed by atoms with Crippen LogP contribution in [0.1, 0.15) is 36.7 Å². The zero-order valence-electron chi connectivity index (χ0n) is 12.1. The van der Waals surface area contributed by atoms with E-state index in [-0.39, 0.29) is 17.2 Å². The minimum atomic E-state index is -0.272. The topological polar surface area (TPSA) is 74.8 Å². The molecule has 5 heteroatoms. The molecule has 0 bridgehead atoms. The predicted octanol–water partition coefficient (Wildman–Crippen LogP) is 2.09. The molecule has 1 saturated carbocycles. The Morgan fingerprint density at radius 3 is 2.81 bits per heavy atom. The van der Waals surface area contributed by atoms with Crippen LogP contribution in [-0.2, 0) is 0 Å². The average molecular weight is 285 g/mol. The van der Waals surface area contributed by atoms with E-state index in [0.29, 0.717) is 29.2 Å². The number of hydrogen-bond acceptors (Lipinski definition) is 3. The molecule has 1 amide bonds. The minimum absolute atomic E-state index is 0.221. The summed E-state index contributed by atoms with van der Waals surface area (Å²) in [6.07, 6.45) is 3.64. The smallest absolute Gasteiger partial charge is 0.272 e. The Morgan fingerprint density at radius 1 is 1.33 bits per heavy atom. The number of carbonyl (C=O) groups is 1. The molecule has 1 heterocycles. The van der Waals surface area contributed by atoms with E-state index in [9.17, 15) is 9.59 Å². The molecule has 2 aromatic rings. The van der Waals surface area contributed by atoms with Gasteiger partial charge in [0.1, 0.15) is 0 Å². The van der Waals surface area contributed by atoms with E-state index in [1.165, 1.54) is 19.3 Å². The number of nitrogens with zero attached hydrogens (tertiary/aromatic N) is 1. The van der Waals surface area contributed by atoms with Crippen LogP contribution in [0.2, 0.25) is 0 Å². The number of hydrogen-bond donors (Lipinski definition) is 2. The fraction of sp³-hybridized carbons (Fsp3) is 0.438. The minimum Gasteiger partial charge on any atom is -0.350 e. The van der Waals surface area contributed by atoms with Crippen LogP contribution in [0, 0.1) is 11.8 Å². The summed E-state index contributed by atoms with van der Waals surface area (Å²) >= 11 is 0. The fourth-order valence-electron chi connectivity index (χ4n) is 3.12. The Labute approximate surface area is 122 Å². The number of aromatic amines is 1. The zero-order valence-corrected chi connectivity index (χ0v) is 12.1. The van der Waals surface area contributed by atoms with Gasteiger partial charge in [0.25, 0.3) is 11.5 Å². The summed E-state index contributed by atoms with van der Waals surface area (Å²) in [5.74, 6) is 0.982. The molecule has 2 N–H and O–H groups in total. The van der Waals surface area contributed by atoms with Crippen molar-refractivity contribution < 1.29 is 4.79 Å². The highest BCUT2D eigenvalue weighted by atomic mass is 16.2. The van der Waals surface area contributed by atoms with Gasteiger partial charge >= 0.3 is 0 Å². The molecule has 1 aromatic heterocycles. The third-order valence-corrected chi connectivity index (χ3v) is 4.48. The van der Waals surface area contributed by atoms with Gasteiger partial charge in [0, 0.05) is 11.9 Å². The number of rotatable bonds is 3. The molecular weight excluding hydrogens is 266 g/mol. The Balaban J connectivity index is 1.82. The van der Waals surface area contributed by atoms with Gasteiger partial charge in [-0.25, -0.2) is 5.10 Å².